The molecule has 0 spiro atoms. The molecule has 0 unspecified atom stereocenters. The fourth-order valence-corrected chi connectivity index (χ4v) is 2.57. The number of hydrogen-bond donors (Lipinski definition) is 2. The summed E-state index contributed by atoms with van der Waals surface area (Å²) in [4.78, 5) is 15.0. The number of halogens is 3. The van der Waals surface area contributed by atoms with Crippen molar-refractivity contribution in [2.24, 2.45) is 0 Å². The molecular weight excluding hydrogens is 314 g/mol. The van der Waals surface area contributed by atoms with Crippen LogP contribution in [0.15, 0.2) is 42.5 Å². The summed E-state index contributed by atoms with van der Waals surface area (Å²) in [7, 11) is 0. The lowest BCUT2D eigenvalue weighted by Crippen LogP contribution is -2.12. The third-order valence-corrected chi connectivity index (χ3v) is 3.39. The van der Waals surface area contributed by atoms with E-state index >= 15 is 0 Å². The summed E-state index contributed by atoms with van der Waals surface area (Å²) < 4.78 is 13.1. The van der Waals surface area contributed by atoms with Crippen LogP contribution in [0.1, 0.15) is 10.5 Å². The zero-order valence-electron chi connectivity index (χ0n) is 10.6. The third-order valence-electron chi connectivity index (χ3n) is 2.95. The molecule has 6 heteroatoms. The molecule has 1 aromatic heterocycles. The van der Waals surface area contributed by atoms with Gasteiger partial charge in [0.15, 0.2) is 0 Å². The van der Waals surface area contributed by atoms with Crippen molar-refractivity contribution in [2.45, 2.75) is 0 Å². The number of aromatic nitrogens is 1. The van der Waals surface area contributed by atoms with Gasteiger partial charge in [-0.1, -0.05) is 23.2 Å². The van der Waals surface area contributed by atoms with Crippen LogP contribution in [0.3, 0.4) is 0 Å². The second kappa shape index (κ2) is 5.39. The monoisotopic (exact) mass is 322 g/mol. The lowest BCUT2D eigenvalue weighted by atomic mass is 10.2. The van der Waals surface area contributed by atoms with Gasteiger partial charge in [0, 0.05) is 26.6 Å². The zero-order valence-corrected chi connectivity index (χ0v) is 12.1. The average Bonchev–Trinajstić information content (AvgIpc) is 2.80. The van der Waals surface area contributed by atoms with Crippen LogP contribution in [0.25, 0.3) is 10.9 Å². The Kier molecular flexibility index (Phi) is 3.57. The molecule has 106 valence electrons. The van der Waals surface area contributed by atoms with Crippen molar-refractivity contribution in [3.63, 3.8) is 0 Å². The summed E-state index contributed by atoms with van der Waals surface area (Å²) in [5.41, 5.74) is 1.37. The normalized spacial score (nSPS) is 10.8. The van der Waals surface area contributed by atoms with Gasteiger partial charge in [-0.05, 0) is 42.5 Å². The molecule has 21 heavy (non-hydrogen) atoms. The summed E-state index contributed by atoms with van der Waals surface area (Å²) in [6.07, 6.45) is 0. The number of amides is 1. The maximum absolute atomic E-state index is 13.1. The van der Waals surface area contributed by atoms with Gasteiger partial charge in [0.25, 0.3) is 5.91 Å². The molecule has 0 atom stereocenters. The fraction of sp³-hybridized carbons (Fsp3) is 0. The van der Waals surface area contributed by atoms with Gasteiger partial charge in [0.1, 0.15) is 11.5 Å². The van der Waals surface area contributed by atoms with E-state index in [0.29, 0.717) is 26.9 Å². The Morgan fingerprint density at radius 2 is 1.76 bits per heavy atom. The van der Waals surface area contributed by atoms with E-state index in [9.17, 15) is 9.18 Å². The molecule has 0 saturated heterocycles. The van der Waals surface area contributed by atoms with E-state index in [2.05, 4.69) is 10.3 Å². The van der Waals surface area contributed by atoms with E-state index in [1.165, 1.54) is 12.1 Å². The van der Waals surface area contributed by atoms with Gasteiger partial charge >= 0.3 is 0 Å². The molecule has 0 aliphatic carbocycles. The molecule has 2 N–H and O–H groups in total. The van der Waals surface area contributed by atoms with Gasteiger partial charge in [-0.3, -0.25) is 4.79 Å². The average molecular weight is 323 g/mol. The van der Waals surface area contributed by atoms with Crippen LogP contribution >= 0.6 is 23.2 Å². The maximum Gasteiger partial charge on any atom is 0.272 e. The highest BCUT2D eigenvalue weighted by Crippen LogP contribution is 2.23. The van der Waals surface area contributed by atoms with Gasteiger partial charge < -0.3 is 10.3 Å². The molecule has 1 heterocycles. The standard InChI is InChI=1S/C15H9Cl2FN2O/c16-9-4-10(17)6-12(5-9)19-15(21)14-3-8-1-2-11(18)7-13(8)20-14/h1-7,20H,(H,19,21). The van der Waals surface area contributed by atoms with E-state index in [-0.39, 0.29) is 11.7 Å². The van der Waals surface area contributed by atoms with Crippen molar-refractivity contribution in [2.75, 3.05) is 5.32 Å². The smallest absolute Gasteiger partial charge is 0.272 e. The number of carbonyl (C=O) groups is 1. The number of rotatable bonds is 2. The van der Waals surface area contributed by atoms with Crippen LogP contribution < -0.4 is 5.32 Å². The van der Waals surface area contributed by atoms with Gasteiger partial charge in [0.05, 0.1) is 0 Å². The zero-order chi connectivity index (χ0) is 15.0. The Morgan fingerprint density at radius 1 is 1.05 bits per heavy atom. The summed E-state index contributed by atoms with van der Waals surface area (Å²) in [5, 5.41) is 4.29. The maximum atomic E-state index is 13.1. The first-order valence-electron chi connectivity index (χ1n) is 6.07. The summed E-state index contributed by atoms with van der Waals surface area (Å²) in [5.74, 6) is -0.720. The highest BCUT2D eigenvalue weighted by molar-refractivity contribution is 6.35. The molecule has 0 aliphatic heterocycles. The van der Waals surface area contributed by atoms with E-state index in [0.717, 1.165) is 5.39 Å². The number of carbonyl (C=O) groups excluding carboxylic acids is 1. The second-order valence-electron chi connectivity index (χ2n) is 4.53. The highest BCUT2D eigenvalue weighted by atomic mass is 35.5. The molecule has 3 aromatic rings. The van der Waals surface area contributed by atoms with E-state index in [1.54, 1.807) is 30.3 Å². The molecule has 0 bridgehead atoms. The Bertz CT molecular complexity index is 825. The second-order valence-corrected chi connectivity index (χ2v) is 5.40. The number of benzene rings is 2. The van der Waals surface area contributed by atoms with Crippen molar-refractivity contribution in [3.05, 3.63) is 64.0 Å². The minimum Gasteiger partial charge on any atom is -0.350 e. The fourth-order valence-electron chi connectivity index (χ4n) is 2.05. The number of fused-ring (bicyclic) bond motifs is 1. The van der Waals surface area contributed by atoms with Gasteiger partial charge in [0.2, 0.25) is 0 Å². The number of H-pyrrole nitrogens is 1. The van der Waals surface area contributed by atoms with E-state index in [1.807, 2.05) is 0 Å². The molecule has 0 saturated carbocycles. The minimum atomic E-state index is -0.363. The van der Waals surface area contributed by atoms with Crippen molar-refractivity contribution in [1.82, 2.24) is 4.98 Å². The predicted molar refractivity (Wildman–Crippen MR) is 82.7 cm³/mol. The van der Waals surface area contributed by atoms with Gasteiger partial charge in [-0.15, -0.1) is 0 Å². The highest BCUT2D eigenvalue weighted by Gasteiger charge is 2.11. The van der Waals surface area contributed by atoms with Crippen LogP contribution in [0.5, 0.6) is 0 Å². The number of nitrogens with one attached hydrogen (secondary N) is 2. The van der Waals surface area contributed by atoms with Crippen LogP contribution in [0, 0.1) is 5.82 Å². The van der Waals surface area contributed by atoms with Crippen molar-refractivity contribution >= 4 is 45.7 Å². The van der Waals surface area contributed by atoms with Crippen molar-refractivity contribution in [3.8, 4) is 0 Å². The van der Waals surface area contributed by atoms with Crippen LogP contribution in [-0.2, 0) is 0 Å². The quantitative estimate of drug-likeness (QED) is 0.694. The topological polar surface area (TPSA) is 44.9 Å². The van der Waals surface area contributed by atoms with Crippen LogP contribution in [0.2, 0.25) is 10.0 Å². The molecule has 0 radical (unpaired) electrons. The molecule has 3 rings (SSSR count). The van der Waals surface area contributed by atoms with Gasteiger partial charge in [-0.25, -0.2) is 4.39 Å². The summed E-state index contributed by atoms with van der Waals surface area (Å²) in [6.45, 7) is 0. The van der Waals surface area contributed by atoms with Crippen molar-refractivity contribution < 1.29 is 9.18 Å². The first kappa shape index (κ1) is 13.9. The first-order valence-corrected chi connectivity index (χ1v) is 6.82. The molecule has 3 nitrogen and oxygen atoms in total. The Labute approximate surface area is 129 Å². The van der Waals surface area contributed by atoms with Crippen LogP contribution in [-0.4, -0.2) is 10.9 Å². The molecule has 1 amide bonds. The minimum absolute atomic E-state index is 0.326. The first-order chi connectivity index (χ1) is 10.0. The molecular formula is C15H9Cl2FN2O. The van der Waals surface area contributed by atoms with Crippen molar-refractivity contribution in [1.29, 1.82) is 0 Å². The Hall–Kier alpha value is -2.04. The van der Waals surface area contributed by atoms with Crippen LogP contribution in [0.4, 0.5) is 10.1 Å². The number of anilines is 1. The number of aromatic amines is 1. The Morgan fingerprint density at radius 3 is 2.48 bits per heavy atom. The lowest BCUT2D eigenvalue weighted by Gasteiger charge is -2.04. The third kappa shape index (κ3) is 3.01. The largest absolute Gasteiger partial charge is 0.350 e. The van der Waals surface area contributed by atoms with E-state index < -0.39 is 0 Å². The SMILES string of the molecule is O=C(Nc1cc(Cl)cc(Cl)c1)c1cc2ccc(F)cc2[nH]1. The predicted octanol–water partition coefficient (Wildman–Crippen LogP) is 4.87. The van der Waals surface area contributed by atoms with Gasteiger partial charge in [-0.2, -0.15) is 0 Å². The molecule has 0 fully saturated rings. The molecule has 2 aromatic carbocycles. The summed E-state index contributed by atoms with van der Waals surface area (Å²) in [6, 6.07) is 10.7. The Balaban J connectivity index is 1.89. The lowest BCUT2D eigenvalue weighted by molar-refractivity contribution is 0.102. The van der Waals surface area contributed by atoms with E-state index in [4.69, 9.17) is 23.2 Å². The summed E-state index contributed by atoms with van der Waals surface area (Å²) >= 11 is 11.8. The number of hydrogen-bond acceptors (Lipinski definition) is 1. The molecule has 0 aliphatic rings.